The molecule has 6 unspecified atom stereocenters. The maximum atomic E-state index is 13.5. The Kier molecular flexibility index (Phi) is 9.76. The quantitative estimate of drug-likeness (QED) is 0.0654. The molecule has 2 saturated carbocycles. The predicted octanol–water partition coefficient (Wildman–Crippen LogP) is 6.04. The number of thioether (sulfide) groups is 1. The third kappa shape index (κ3) is 7.46. The second-order valence-corrected chi connectivity index (χ2v) is 14.7. The molecule has 3 heterocycles. The summed E-state index contributed by atoms with van der Waals surface area (Å²) < 4.78 is 53.0. The second kappa shape index (κ2) is 14.1. The van der Waals surface area contributed by atoms with Crippen LogP contribution in [0.3, 0.4) is 0 Å². The molecular formula is C35H41F3N8O3S. The van der Waals surface area contributed by atoms with Crippen LogP contribution in [-0.4, -0.2) is 67.2 Å². The summed E-state index contributed by atoms with van der Waals surface area (Å²) in [6.07, 6.45) is -1.81. The Morgan fingerprint density at radius 3 is 2.54 bits per heavy atom. The summed E-state index contributed by atoms with van der Waals surface area (Å²) in [6.45, 7) is 6.21. The number of halogens is 3. The number of hydrazine groups is 1. The molecule has 15 heteroatoms. The van der Waals surface area contributed by atoms with E-state index in [0.717, 1.165) is 36.3 Å². The topological polar surface area (TPSA) is 128 Å². The summed E-state index contributed by atoms with van der Waals surface area (Å²) in [5.74, 6) is 0.223. The van der Waals surface area contributed by atoms with E-state index in [-0.39, 0.29) is 18.0 Å². The molecule has 4 aromatic rings. The summed E-state index contributed by atoms with van der Waals surface area (Å²) in [5.41, 5.74) is 8.35. The zero-order valence-corrected chi connectivity index (χ0v) is 28.9. The van der Waals surface area contributed by atoms with Crippen molar-refractivity contribution in [2.24, 2.45) is 5.92 Å². The second-order valence-electron chi connectivity index (χ2n) is 13.6. The molecule has 0 bridgehead atoms. The largest absolute Gasteiger partial charge is 0.416 e. The maximum Gasteiger partial charge on any atom is 0.416 e. The number of ether oxygens (including phenoxy) is 2. The van der Waals surface area contributed by atoms with Crippen LogP contribution in [0.25, 0.3) is 11.2 Å². The van der Waals surface area contributed by atoms with E-state index in [9.17, 15) is 18.0 Å². The van der Waals surface area contributed by atoms with Gasteiger partial charge in [-0.3, -0.25) is 10.2 Å². The van der Waals surface area contributed by atoms with Crippen LogP contribution in [0.4, 0.5) is 19.0 Å². The van der Waals surface area contributed by atoms with Gasteiger partial charge in [0.1, 0.15) is 12.2 Å². The van der Waals surface area contributed by atoms with Crippen LogP contribution >= 0.6 is 11.8 Å². The molecule has 50 heavy (non-hydrogen) atoms. The first-order valence-electron chi connectivity index (χ1n) is 17.1. The molecule has 0 radical (unpaired) electrons. The van der Waals surface area contributed by atoms with Crippen LogP contribution in [0.15, 0.2) is 59.8 Å². The molecule has 2 aromatic carbocycles. The van der Waals surface area contributed by atoms with Crippen LogP contribution in [0, 0.1) is 5.92 Å². The van der Waals surface area contributed by atoms with Gasteiger partial charge in [-0.25, -0.2) is 20.1 Å². The molecule has 3 fully saturated rings. The number of alkyl halides is 3. The zero-order valence-electron chi connectivity index (χ0n) is 28.1. The molecule has 1 saturated heterocycles. The molecular weight excluding hydrogens is 669 g/mol. The van der Waals surface area contributed by atoms with Gasteiger partial charge in [0.05, 0.1) is 17.5 Å². The van der Waals surface area contributed by atoms with Crippen LogP contribution in [0.1, 0.15) is 75.1 Å². The number of hydrogen-bond donors (Lipinski definition) is 3. The first kappa shape index (κ1) is 34.6. The molecule has 266 valence electrons. The van der Waals surface area contributed by atoms with E-state index in [1.807, 2.05) is 19.9 Å². The van der Waals surface area contributed by atoms with Gasteiger partial charge < -0.3 is 14.8 Å². The number of rotatable bonds is 13. The molecule has 2 aromatic heterocycles. The van der Waals surface area contributed by atoms with Crippen molar-refractivity contribution in [1.82, 2.24) is 35.8 Å². The Morgan fingerprint density at radius 2 is 1.80 bits per heavy atom. The number of aromatic nitrogens is 5. The van der Waals surface area contributed by atoms with E-state index < -0.39 is 35.7 Å². The Bertz CT molecular complexity index is 1810. The van der Waals surface area contributed by atoms with Crippen molar-refractivity contribution < 1.29 is 27.4 Å². The van der Waals surface area contributed by atoms with Gasteiger partial charge in [-0.05, 0) is 69.2 Å². The minimum Gasteiger partial charge on any atom is -0.365 e. The Labute approximate surface area is 292 Å². The van der Waals surface area contributed by atoms with Crippen molar-refractivity contribution in [2.75, 3.05) is 17.6 Å². The van der Waals surface area contributed by atoms with Crippen molar-refractivity contribution in [3.8, 4) is 0 Å². The van der Waals surface area contributed by atoms with Gasteiger partial charge >= 0.3 is 6.18 Å². The fraction of sp³-hybridized carbons (Fsp3) is 0.514. The molecule has 7 rings (SSSR count). The van der Waals surface area contributed by atoms with Crippen LogP contribution < -0.4 is 16.2 Å². The molecule has 1 aliphatic heterocycles. The van der Waals surface area contributed by atoms with Crippen molar-refractivity contribution in [3.63, 3.8) is 0 Å². The van der Waals surface area contributed by atoms with Gasteiger partial charge in [-0.1, -0.05) is 66.4 Å². The summed E-state index contributed by atoms with van der Waals surface area (Å²) in [4.78, 5) is 23.3. The SMILES string of the molecule is CCCSc1nc(NC2CC2c2ccccc2)c2nnn(C3CC(C(=O)NNCCCc4ccc(C(F)(F)F)cc4)C4OC(C)(C)OC43)c2n1. The standard InChI is InChI=1S/C35H41F3N8O3S/c1-4-17-50-33-41-30(40-25-18-23(25)21-10-6-5-7-11-21)27-31(42-33)46(45-43-27)26-19-24(28-29(26)49-34(2,3)48-28)32(47)44-39-16-8-9-20-12-14-22(15-13-20)35(36,37)38/h5-7,10-15,23-26,28-29,39H,4,8-9,16-19H2,1-3H3,(H,44,47)(H,40,41,42). The average Bonchev–Trinajstić information content (AvgIpc) is 3.42. The monoisotopic (exact) mass is 710 g/mol. The Morgan fingerprint density at radius 1 is 1.04 bits per heavy atom. The third-order valence-electron chi connectivity index (χ3n) is 9.42. The number of hydrogen-bond acceptors (Lipinski definition) is 10. The highest BCUT2D eigenvalue weighted by atomic mass is 32.2. The molecule has 11 nitrogen and oxygen atoms in total. The van der Waals surface area contributed by atoms with Crippen LogP contribution in [0.5, 0.6) is 0 Å². The highest BCUT2D eigenvalue weighted by Gasteiger charge is 2.57. The summed E-state index contributed by atoms with van der Waals surface area (Å²) in [7, 11) is 0. The number of amides is 1. The summed E-state index contributed by atoms with van der Waals surface area (Å²) in [6, 6.07) is 15.4. The molecule has 1 amide bonds. The number of benzene rings is 2. The summed E-state index contributed by atoms with van der Waals surface area (Å²) >= 11 is 1.58. The average molecular weight is 711 g/mol. The van der Waals surface area contributed by atoms with E-state index in [0.29, 0.717) is 53.9 Å². The Hall–Kier alpha value is -3.79. The smallest absolute Gasteiger partial charge is 0.365 e. The number of nitrogens with one attached hydrogen (secondary N) is 3. The number of anilines is 1. The summed E-state index contributed by atoms with van der Waals surface area (Å²) in [5, 5.41) is 13.4. The minimum absolute atomic E-state index is 0.225. The third-order valence-corrected chi connectivity index (χ3v) is 10.5. The molecule has 6 atom stereocenters. The normalized spacial score (nSPS) is 25.5. The van der Waals surface area contributed by atoms with Crippen molar-refractivity contribution >= 4 is 34.7 Å². The highest BCUT2D eigenvalue weighted by Crippen LogP contribution is 2.48. The number of carbonyl (C=O) groups is 1. The van der Waals surface area contributed by atoms with Crippen molar-refractivity contribution in [3.05, 3.63) is 71.3 Å². The van der Waals surface area contributed by atoms with Gasteiger partial charge in [0.2, 0.25) is 5.91 Å². The van der Waals surface area contributed by atoms with E-state index in [4.69, 9.17) is 19.4 Å². The van der Waals surface area contributed by atoms with Crippen molar-refractivity contribution in [2.45, 2.75) is 100 Å². The van der Waals surface area contributed by atoms with Gasteiger partial charge in [-0.15, -0.1) is 5.10 Å². The lowest BCUT2D eigenvalue weighted by molar-refractivity contribution is -0.163. The lowest BCUT2D eigenvalue weighted by Gasteiger charge is -2.23. The lowest BCUT2D eigenvalue weighted by atomic mass is 10.0. The fourth-order valence-electron chi connectivity index (χ4n) is 6.92. The van der Waals surface area contributed by atoms with Crippen LogP contribution in [0.2, 0.25) is 0 Å². The predicted molar refractivity (Wildman–Crippen MR) is 182 cm³/mol. The van der Waals surface area contributed by atoms with Gasteiger partial charge in [0, 0.05) is 24.3 Å². The minimum atomic E-state index is -4.36. The zero-order chi connectivity index (χ0) is 35.0. The first-order valence-corrected chi connectivity index (χ1v) is 18.1. The van der Waals surface area contributed by atoms with Gasteiger partial charge in [0.25, 0.3) is 0 Å². The molecule has 0 spiro atoms. The molecule has 3 N–H and O–H groups in total. The number of aryl methyl sites for hydroxylation is 1. The van der Waals surface area contributed by atoms with E-state index in [2.05, 4.69) is 57.7 Å². The van der Waals surface area contributed by atoms with Crippen LogP contribution in [-0.2, 0) is 26.9 Å². The van der Waals surface area contributed by atoms with Crippen molar-refractivity contribution in [1.29, 1.82) is 0 Å². The lowest BCUT2D eigenvalue weighted by Crippen LogP contribution is -2.45. The van der Waals surface area contributed by atoms with E-state index in [1.54, 1.807) is 16.4 Å². The molecule has 3 aliphatic rings. The van der Waals surface area contributed by atoms with E-state index >= 15 is 0 Å². The highest BCUT2D eigenvalue weighted by molar-refractivity contribution is 7.99. The number of carbonyl (C=O) groups excluding carboxylic acids is 1. The number of fused-ring (bicyclic) bond motifs is 2. The maximum absolute atomic E-state index is 13.5. The van der Waals surface area contributed by atoms with Gasteiger partial charge in [0.15, 0.2) is 27.9 Å². The number of nitrogens with zero attached hydrogens (tertiary/aromatic N) is 5. The first-order chi connectivity index (χ1) is 24.0. The Balaban J connectivity index is 1.04. The van der Waals surface area contributed by atoms with E-state index in [1.165, 1.54) is 17.7 Å². The van der Waals surface area contributed by atoms with Gasteiger partial charge in [-0.2, -0.15) is 13.2 Å². The fourth-order valence-corrected chi connectivity index (χ4v) is 7.62. The molecule has 2 aliphatic carbocycles.